The van der Waals surface area contributed by atoms with Crippen LogP contribution in [-0.2, 0) is 5.41 Å². The number of hydrogen-bond acceptors (Lipinski definition) is 2. The average Bonchev–Trinajstić information content (AvgIpc) is 2.78. The van der Waals surface area contributed by atoms with Crippen molar-refractivity contribution in [3.63, 3.8) is 0 Å². The Bertz CT molecular complexity index is 843. The molecule has 0 aliphatic heterocycles. The average molecular weight is 430 g/mol. The molecule has 0 saturated heterocycles. The maximum absolute atomic E-state index is 9.44. The van der Waals surface area contributed by atoms with Crippen LogP contribution in [-0.4, -0.2) is 14.1 Å². The van der Waals surface area contributed by atoms with Crippen LogP contribution in [0.4, 0.5) is 0 Å². The van der Waals surface area contributed by atoms with Crippen molar-refractivity contribution in [1.82, 2.24) is 9.78 Å². The van der Waals surface area contributed by atoms with E-state index in [1.165, 1.54) is 16.8 Å². The molecule has 9 heteroatoms. The molecule has 1 aliphatic carbocycles. The van der Waals surface area contributed by atoms with Crippen molar-refractivity contribution in [2.24, 2.45) is 0 Å². The predicted molar refractivity (Wildman–Crippen MR) is 94.7 cm³/mol. The van der Waals surface area contributed by atoms with E-state index < -0.39 is 9.75 Å². The molecule has 1 saturated carbocycles. The summed E-state index contributed by atoms with van der Waals surface area (Å²) in [7, 11) is 0. The first kappa shape index (κ1) is 17.5. The molecule has 0 spiro atoms. The quantitative estimate of drug-likeness (QED) is 0.534. The van der Waals surface area contributed by atoms with Gasteiger partial charge in [0.2, 0.25) is 0 Å². The van der Waals surface area contributed by atoms with Crippen molar-refractivity contribution in [3.05, 3.63) is 43.6 Å². The number of rotatable bonds is 2. The van der Waals surface area contributed by atoms with Gasteiger partial charge in [-0.3, -0.25) is 0 Å². The third-order valence-corrected chi connectivity index (χ3v) is 6.16. The van der Waals surface area contributed by atoms with Crippen LogP contribution in [0.5, 0.6) is 0 Å². The second-order valence-electron chi connectivity index (χ2n) is 5.47. The fraction of sp³-hybridized carbons (Fsp3) is 0.286. The van der Waals surface area contributed by atoms with Crippen LogP contribution < -0.4 is 0 Å². The van der Waals surface area contributed by atoms with Gasteiger partial charge in [0.05, 0.1) is 15.7 Å². The molecule has 0 N–H and O–H groups in total. The van der Waals surface area contributed by atoms with E-state index in [2.05, 4.69) is 5.10 Å². The Hall–Kier alpha value is -0.340. The Morgan fingerprint density at radius 2 is 1.70 bits per heavy atom. The molecule has 120 valence electrons. The molecule has 23 heavy (non-hydrogen) atoms. The first-order valence-corrected chi connectivity index (χ1v) is 8.61. The van der Waals surface area contributed by atoms with Crippen molar-refractivity contribution in [1.29, 1.82) is 5.26 Å². The number of hydrogen-bond donors (Lipinski definition) is 0. The lowest BCUT2D eigenvalue weighted by atomic mass is 10.0. The molecule has 2 aromatic rings. The zero-order valence-corrected chi connectivity index (χ0v) is 16.0. The normalized spacial score (nSPS) is 22.0. The first-order valence-electron chi connectivity index (χ1n) is 6.34. The summed E-state index contributed by atoms with van der Waals surface area (Å²) in [6, 6.07) is 5.07. The Morgan fingerprint density at radius 1 is 1.17 bits per heavy atom. The van der Waals surface area contributed by atoms with Gasteiger partial charge >= 0.3 is 0 Å². The first-order chi connectivity index (χ1) is 10.6. The second-order valence-corrected chi connectivity index (χ2v) is 8.56. The standard InChI is InChI=1S/C14H7Cl6N3/c1-13(5-14(13,19)20)11-7(4-21)12(18)23(22-11)10-8(16)2-6(15)3-9(10)17/h2-3H,5H2,1H3. The molecule has 0 bridgehead atoms. The van der Waals surface area contributed by atoms with E-state index in [9.17, 15) is 5.26 Å². The van der Waals surface area contributed by atoms with Gasteiger partial charge in [-0.2, -0.15) is 10.4 Å². The minimum Gasteiger partial charge on any atom is -0.217 e. The van der Waals surface area contributed by atoms with Gasteiger partial charge in [0.25, 0.3) is 0 Å². The highest BCUT2D eigenvalue weighted by Crippen LogP contribution is 2.65. The fourth-order valence-corrected chi connectivity index (χ4v) is 4.37. The van der Waals surface area contributed by atoms with Crippen LogP contribution in [0.15, 0.2) is 12.1 Å². The van der Waals surface area contributed by atoms with Crippen LogP contribution in [0.1, 0.15) is 24.6 Å². The van der Waals surface area contributed by atoms with Crippen molar-refractivity contribution in [2.75, 3.05) is 0 Å². The lowest BCUT2D eigenvalue weighted by Crippen LogP contribution is -2.13. The Balaban J connectivity index is 2.25. The van der Waals surface area contributed by atoms with E-state index in [1.807, 2.05) is 13.0 Å². The number of benzene rings is 1. The highest BCUT2D eigenvalue weighted by atomic mass is 35.5. The lowest BCUT2D eigenvalue weighted by Gasteiger charge is -2.10. The van der Waals surface area contributed by atoms with Crippen LogP contribution in [0.25, 0.3) is 5.69 Å². The fourth-order valence-electron chi connectivity index (χ4n) is 2.42. The molecular formula is C14H7Cl6N3. The SMILES string of the molecule is CC1(c2nn(-c3c(Cl)cc(Cl)cc3Cl)c(Cl)c2C#N)CC1(Cl)Cl. The summed E-state index contributed by atoms with van der Waals surface area (Å²) in [6.45, 7) is 1.82. The molecule has 0 amide bonds. The van der Waals surface area contributed by atoms with E-state index in [0.717, 1.165) is 0 Å². The maximum atomic E-state index is 9.44. The molecule has 0 radical (unpaired) electrons. The molecular weight excluding hydrogens is 423 g/mol. The number of nitrogens with zero attached hydrogens (tertiary/aromatic N) is 3. The number of nitriles is 1. The van der Waals surface area contributed by atoms with Crippen LogP contribution in [0, 0.1) is 11.3 Å². The van der Waals surface area contributed by atoms with Crippen LogP contribution in [0.3, 0.4) is 0 Å². The minimum atomic E-state index is -0.991. The largest absolute Gasteiger partial charge is 0.217 e. The topological polar surface area (TPSA) is 41.6 Å². The van der Waals surface area contributed by atoms with E-state index in [-0.39, 0.29) is 20.8 Å². The second kappa shape index (κ2) is 5.59. The Labute approximate surface area is 162 Å². The molecule has 1 atom stereocenters. The summed E-state index contributed by atoms with van der Waals surface area (Å²) in [5.41, 5.74) is 0.280. The number of alkyl halides is 2. The third-order valence-electron chi connectivity index (χ3n) is 3.91. The Morgan fingerprint density at radius 3 is 2.13 bits per heavy atom. The van der Waals surface area contributed by atoms with Gasteiger partial charge in [0, 0.05) is 10.4 Å². The zero-order valence-electron chi connectivity index (χ0n) is 11.5. The summed E-state index contributed by atoms with van der Waals surface area (Å²) in [5, 5.41) is 14.8. The lowest BCUT2D eigenvalue weighted by molar-refractivity contribution is 0.707. The molecule has 1 fully saturated rings. The van der Waals surface area contributed by atoms with Gasteiger partial charge in [-0.05, 0) is 18.6 Å². The van der Waals surface area contributed by atoms with E-state index >= 15 is 0 Å². The molecule has 1 heterocycles. The van der Waals surface area contributed by atoms with E-state index in [1.54, 1.807) is 0 Å². The van der Waals surface area contributed by atoms with Gasteiger partial charge < -0.3 is 0 Å². The highest BCUT2D eigenvalue weighted by Gasteiger charge is 2.66. The summed E-state index contributed by atoms with van der Waals surface area (Å²) < 4.78 is 0.318. The zero-order chi connectivity index (χ0) is 17.2. The van der Waals surface area contributed by atoms with Crippen molar-refractivity contribution < 1.29 is 0 Å². The third kappa shape index (κ3) is 2.61. The molecule has 1 aromatic heterocycles. The van der Waals surface area contributed by atoms with Gasteiger partial charge in [-0.1, -0.05) is 53.3 Å². The number of aromatic nitrogens is 2. The highest BCUT2D eigenvalue weighted by molar-refractivity contribution is 6.52. The summed E-state index contributed by atoms with van der Waals surface area (Å²) in [6.07, 6.45) is 0.465. The monoisotopic (exact) mass is 427 g/mol. The summed E-state index contributed by atoms with van der Waals surface area (Å²) >= 11 is 37.0. The van der Waals surface area contributed by atoms with Gasteiger partial charge in [0.1, 0.15) is 21.7 Å². The summed E-state index contributed by atoms with van der Waals surface area (Å²) in [5.74, 6) is 0. The van der Waals surface area contributed by atoms with E-state index in [0.29, 0.717) is 22.8 Å². The van der Waals surface area contributed by atoms with Gasteiger partial charge in [-0.15, -0.1) is 23.2 Å². The molecule has 1 aliphatic rings. The smallest absolute Gasteiger partial charge is 0.151 e. The van der Waals surface area contributed by atoms with E-state index in [4.69, 9.17) is 69.6 Å². The molecule has 1 unspecified atom stereocenters. The van der Waals surface area contributed by atoms with Crippen LogP contribution >= 0.6 is 69.6 Å². The minimum absolute atomic E-state index is 0.0888. The van der Waals surface area contributed by atoms with Gasteiger partial charge in [0.15, 0.2) is 5.15 Å². The van der Waals surface area contributed by atoms with Gasteiger partial charge in [-0.25, -0.2) is 4.68 Å². The molecule has 3 rings (SSSR count). The van der Waals surface area contributed by atoms with Crippen molar-refractivity contribution in [3.8, 4) is 11.8 Å². The maximum Gasteiger partial charge on any atom is 0.151 e. The molecule has 1 aromatic carbocycles. The molecule has 3 nitrogen and oxygen atoms in total. The van der Waals surface area contributed by atoms with Crippen molar-refractivity contribution >= 4 is 69.6 Å². The Kier molecular flexibility index (Phi) is 4.25. The van der Waals surface area contributed by atoms with Crippen LogP contribution in [0.2, 0.25) is 20.2 Å². The van der Waals surface area contributed by atoms with Crippen molar-refractivity contribution in [2.45, 2.75) is 23.1 Å². The summed E-state index contributed by atoms with van der Waals surface area (Å²) in [4.78, 5) is 0. The number of halogens is 6. The predicted octanol–water partition coefficient (Wildman–Crippen LogP) is 6.19.